The molecule has 94 valence electrons. The Labute approximate surface area is 111 Å². The molecule has 4 heteroatoms. The van der Waals surface area contributed by atoms with Gasteiger partial charge in [0.2, 0.25) is 5.88 Å². The average molecular weight is 299 g/mol. The van der Waals surface area contributed by atoms with Gasteiger partial charge in [-0.05, 0) is 60.3 Å². The summed E-state index contributed by atoms with van der Waals surface area (Å²) in [5, 5.41) is 0. The molecule has 1 heterocycles. The minimum absolute atomic E-state index is 0.222. The fourth-order valence-corrected chi connectivity index (χ4v) is 2.91. The molecule has 0 saturated heterocycles. The van der Waals surface area contributed by atoms with E-state index in [1.54, 1.807) is 0 Å². The van der Waals surface area contributed by atoms with Crippen LogP contribution in [0.4, 0.5) is 0 Å². The third-order valence-corrected chi connectivity index (χ3v) is 3.92. The number of aryl methyl sites for hydroxylation is 1. The number of hydrogen-bond acceptors (Lipinski definition) is 3. The molecular weight excluding hydrogens is 280 g/mol. The van der Waals surface area contributed by atoms with E-state index in [-0.39, 0.29) is 6.10 Å². The van der Waals surface area contributed by atoms with Crippen molar-refractivity contribution >= 4 is 15.9 Å². The van der Waals surface area contributed by atoms with Gasteiger partial charge in [-0.2, -0.15) is 0 Å². The van der Waals surface area contributed by atoms with Crippen molar-refractivity contribution in [2.75, 3.05) is 6.54 Å². The number of nitrogens with zero attached hydrogens (tertiary/aromatic N) is 1. The van der Waals surface area contributed by atoms with Gasteiger partial charge < -0.3 is 10.5 Å². The molecule has 0 aliphatic heterocycles. The fourth-order valence-electron chi connectivity index (χ4n) is 2.35. The Morgan fingerprint density at radius 3 is 2.94 bits per heavy atom. The van der Waals surface area contributed by atoms with E-state index in [0.29, 0.717) is 18.3 Å². The highest BCUT2D eigenvalue weighted by atomic mass is 79.9. The maximum absolute atomic E-state index is 6.01. The third-order valence-electron chi connectivity index (χ3n) is 3.35. The van der Waals surface area contributed by atoms with Crippen LogP contribution in [-0.2, 0) is 0 Å². The summed E-state index contributed by atoms with van der Waals surface area (Å²) in [4.78, 5) is 4.33. The number of hydrogen-bond donors (Lipinski definition) is 1. The maximum Gasteiger partial charge on any atom is 0.228 e. The molecule has 0 aromatic carbocycles. The molecule has 1 saturated carbocycles. The zero-order valence-corrected chi connectivity index (χ0v) is 11.7. The summed E-state index contributed by atoms with van der Waals surface area (Å²) >= 11 is 3.50. The highest BCUT2D eigenvalue weighted by Crippen LogP contribution is 2.30. The Morgan fingerprint density at radius 1 is 1.47 bits per heavy atom. The number of ether oxygens (including phenoxy) is 1. The van der Waals surface area contributed by atoms with Crippen molar-refractivity contribution in [1.29, 1.82) is 0 Å². The lowest BCUT2D eigenvalue weighted by atomic mass is 9.86. The first-order valence-electron chi connectivity index (χ1n) is 6.19. The van der Waals surface area contributed by atoms with Crippen LogP contribution < -0.4 is 10.5 Å². The average Bonchev–Trinajstić information content (AvgIpc) is 2.33. The predicted molar refractivity (Wildman–Crippen MR) is 72.1 cm³/mol. The Bertz CT molecular complexity index is 384. The van der Waals surface area contributed by atoms with E-state index in [9.17, 15) is 0 Å². The lowest BCUT2D eigenvalue weighted by molar-refractivity contribution is 0.0914. The van der Waals surface area contributed by atoms with E-state index < -0.39 is 0 Å². The predicted octanol–water partition coefficient (Wildman–Crippen LogP) is 3.05. The molecular formula is C13H19BrN2O. The summed E-state index contributed by atoms with van der Waals surface area (Å²) in [5.74, 6) is 1.17. The van der Waals surface area contributed by atoms with Crippen molar-refractivity contribution in [1.82, 2.24) is 4.98 Å². The molecule has 2 unspecified atom stereocenters. The van der Waals surface area contributed by atoms with Crippen molar-refractivity contribution in [3.8, 4) is 5.88 Å². The highest BCUT2D eigenvalue weighted by molar-refractivity contribution is 9.10. The van der Waals surface area contributed by atoms with Gasteiger partial charge in [0.25, 0.3) is 0 Å². The van der Waals surface area contributed by atoms with Crippen LogP contribution in [0.5, 0.6) is 5.88 Å². The second kappa shape index (κ2) is 5.83. The summed E-state index contributed by atoms with van der Waals surface area (Å²) in [6.07, 6.45) is 6.81. The lowest BCUT2D eigenvalue weighted by Crippen LogP contribution is -2.35. The van der Waals surface area contributed by atoms with Crippen LogP contribution in [0.3, 0.4) is 0 Å². The largest absolute Gasteiger partial charge is 0.473 e. The highest BCUT2D eigenvalue weighted by Gasteiger charge is 2.26. The van der Waals surface area contributed by atoms with E-state index in [0.717, 1.165) is 16.5 Å². The van der Waals surface area contributed by atoms with Gasteiger partial charge in [-0.15, -0.1) is 0 Å². The molecule has 1 aromatic rings. The maximum atomic E-state index is 6.01. The minimum Gasteiger partial charge on any atom is -0.473 e. The first-order valence-corrected chi connectivity index (χ1v) is 6.99. The number of pyridine rings is 1. The van der Waals surface area contributed by atoms with Crippen LogP contribution in [0.25, 0.3) is 0 Å². The van der Waals surface area contributed by atoms with E-state index in [1.807, 2.05) is 19.2 Å². The van der Waals surface area contributed by atoms with Gasteiger partial charge in [-0.25, -0.2) is 4.98 Å². The summed E-state index contributed by atoms with van der Waals surface area (Å²) < 4.78 is 6.94. The van der Waals surface area contributed by atoms with Crippen molar-refractivity contribution in [2.45, 2.75) is 38.7 Å². The third kappa shape index (κ3) is 3.19. The van der Waals surface area contributed by atoms with Crippen LogP contribution in [0.2, 0.25) is 0 Å². The zero-order valence-electron chi connectivity index (χ0n) is 10.2. The first kappa shape index (κ1) is 12.8. The summed E-state index contributed by atoms with van der Waals surface area (Å²) in [6, 6.07) is 2.03. The summed E-state index contributed by atoms with van der Waals surface area (Å²) in [6.45, 7) is 2.72. The zero-order chi connectivity index (χ0) is 12.3. The van der Waals surface area contributed by atoms with Gasteiger partial charge >= 0.3 is 0 Å². The topological polar surface area (TPSA) is 48.1 Å². The molecule has 2 rings (SSSR count). The van der Waals surface area contributed by atoms with Gasteiger partial charge in [0, 0.05) is 12.1 Å². The molecule has 2 N–H and O–H groups in total. The molecule has 0 spiro atoms. The first-order chi connectivity index (χ1) is 8.20. The quantitative estimate of drug-likeness (QED) is 0.933. The van der Waals surface area contributed by atoms with Gasteiger partial charge in [-0.3, -0.25) is 0 Å². The molecule has 2 atom stereocenters. The van der Waals surface area contributed by atoms with Crippen molar-refractivity contribution < 1.29 is 4.74 Å². The molecule has 1 aliphatic rings. The van der Waals surface area contributed by atoms with Gasteiger partial charge in [-0.1, -0.05) is 6.42 Å². The van der Waals surface area contributed by atoms with Crippen molar-refractivity contribution in [2.24, 2.45) is 11.7 Å². The molecule has 3 nitrogen and oxygen atoms in total. The second-order valence-corrected chi connectivity index (χ2v) is 5.59. The van der Waals surface area contributed by atoms with E-state index >= 15 is 0 Å². The smallest absolute Gasteiger partial charge is 0.228 e. The Morgan fingerprint density at radius 2 is 2.24 bits per heavy atom. The number of aromatic nitrogens is 1. The molecule has 0 amide bonds. The van der Waals surface area contributed by atoms with Crippen LogP contribution >= 0.6 is 15.9 Å². The molecule has 1 aromatic heterocycles. The van der Waals surface area contributed by atoms with Gasteiger partial charge in [0.05, 0.1) is 4.47 Å². The summed E-state index contributed by atoms with van der Waals surface area (Å²) in [5.41, 5.74) is 6.93. The normalized spacial score (nSPS) is 24.6. The molecule has 17 heavy (non-hydrogen) atoms. The molecule has 1 aliphatic carbocycles. The van der Waals surface area contributed by atoms with Crippen molar-refractivity contribution in [3.05, 3.63) is 22.3 Å². The van der Waals surface area contributed by atoms with E-state index in [1.165, 1.54) is 19.3 Å². The SMILES string of the molecule is Cc1cnc(OC2CCCCC2CN)c(Br)c1. The molecule has 1 fully saturated rings. The Hall–Kier alpha value is -0.610. The van der Waals surface area contributed by atoms with Crippen LogP contribution in [0, 0.1) is 12.8 Å². The van der Waals surface area contributed by atoms with E-state index in [4.69, 9.17) is 10.5 Å². The van der Waals surface area contributed by atoms with Crippen LogP contribution in [-0.4, -0.2) is 17.6 Å². The lowest BCUT2D eigenvalue weighted by Gasteiger charge is -2.30. The number of rotatable bonds is 3. The standard InChI is InChI=1S/C13H19BrN2O/c1-9-6-11(14)13(16-8-9)17-12-5-3-2-4-10(12)7-15/h6,8,10,12H,2-5,7,15H2,1H3. The van der Waals surface area contributed by atoms with Crippen LogP contribution in [0.1, 0.15) is 31.2 Å². The fraction of sp³-hybridized carbons (Fsp3) is 0.615. The second-order valence-electron chi connectivity index (χ2n) is 4.74. The Balaban J connectivity index is 2.08. The minimum atomic E-state index is 0.222. The van der Waals surface area contributed by atoms with Crippen LogP contribution in [0.15, 0.2) is 16.7 Å². The van der Waals surface area contributed by atoms with Crippen molar-refractivity contribution in [3.63, 3.8) is 0 Å². The number of nitrogens with two attached hydrogens (primary N) is 1. The number of halogens is 1. The van der Waals surface area contributed by atoms with E-state index in [2.05, 4.69) is 20.9 Å². The van der Waals surface area contributed by atoms with Gasteiger partial charge in [0.15, 0.2) is 0 Å². The molecule has 0 radical (unpaired) electrons. The monoisotopic (exact) mass is 298 g/mol. The van der Waals surface area contributed by atoms with Gasteiger partial charge in [0.1, 0.15) is 6.10 Å². The Kier molecular flexibility index (Phi) is 4.40. The summed E-state index contributed by atoms with van der Waals surface area (Å²) in [7, 11) is 0. The molecule has 0 bridgehead atoms.